The summed E-state index contributed by atoms with van der Waals surface area (Å²) >= 11 is 0. The van der Waals surface area contributed by atoms with Crippen molar-refractivity contribution in [2.75, 3.05) is 0 Å². The summed E-state index contributed by atoms with van der Waals surface area (Å²) in [5, 5.41) is 12.5. The van der Waals surface area contributed by atoms with Gasteiger partial charge in [-0.15, -0.1) is 0 Å². The van der Waals surface area contributed by atoms with Crippen molar-refractivity contribution in [3.05, 3.63) is 13.1 Å². The molecule has 0 N–H and O–H groups in total. The molecule has 0 spiro atoms. The molecule has 0 unspecified atom stereocenters. The Labute approximate surface area is 57.8 Å². The van der Waals surface area contributed by atoms with E-state index in [4.69, 9.17) is 23.7 Å². The number of nitrogens with zero attached hydrogens (tertiary/aromatic N) is 2. The van der Waals surface area contributed by atoms with Gasteiger partial charge < -0.3 is 23.7 Å². The monoisotopic (exact) mass is 167 g/mol. The van der Waals surface area contributed by atoms with Crippen molar-refractivity contribution in [1.29, 1.82) is 10.5 Å². The Bertz CT molecular complexity index is 27.0. The van der Waals surface area contributed by atoms with E-state index in [9.17, 15) is 0 Å². The molecule has 0 aromatic carbocycles. The van der Waals surface area contributed by atoms with Crippen LogP contribution in [-0.2, 0) is 33.8 Å². The molecule has 6 heavy (non-hydrogen) atoms. The minimum atomic E-state index is 0. The van der Waals surface area contributed by atoms with Gasteiger partial charge in [0, 0.05) is 16.8 Å². The molecule has 0 rings (SSSR count). The van der Waals surface area contributed by atoms with Crippen LogP contribution in [-0.4, -0.2) is 0 Å². The van der Waals surface area contributed by atoms with Crippen LogP contribution in [0.15, 0.2) is 0 Å². The maximum atomic E-state index is 6.25. The van der Waals surface area contributed by atoms with Crippen LogP contribution in [0.3, 0.4) is 0 Å². The first-order chi connectivity index (χ1) is 2.00. The predicted molar refractivity (Wildman–Crippen MR) is 9.94 cm³/mol. The molecular weight excluding hydrogens is 167 g/mol. The van der Waals surface area contributed by atoms with Crippen molar-refractivity contribution < 1.29 is 33.8 Å². The largest absolute Gasteiger partial charge is 2.00 e. The van der Waals surface area contributed by atoms with Gasteiger partial charge in [0.05, 0.1) is 0 Å². The van der Waals surface area contributed by atoms with Crippen molar-refractivity contribution in [1.82, 2.24) is 0 Å². The van der Waals surface area contributed by atoms with E-state index < -0.39 is 0 Å². The second kappa shape index (κ2) is 2250000. The minimum absolute atomic E-state index is 0. The number of hydrogen-bond acceptors (Lipinski definition) is 2. The molecule has 0 aliphatic carbocycles. The van der Waals surface area contributed by atoms with Gasteiger partial charge in [0.15, 0.2) is 0 Å². The van der Waals surface area contributed by atoms with Gasteiger partial charge in [-0.1, -0.05) is 0 Å². The Morgan fingerprint density at radius 3 is 0.833 bits per heavy atom. The van der Waals surface area contributed by atoms with Crippen LogP contribution in [0.4, 0.5) is 0 Å². The Hall–Kier alpha value is 0.00597. The Morgan fingerprint density at radius 2 is 0.833 bits per heavy atom. The maximum absolute atomic E-state index is 6.25. The van der Waals surface area contributed by atoms with Crippen molar-refractivity contribution in [3.63, 3.8) is 0 Å². The molecule has 0 aliphatic heterocycles. The van der Waals surface area contributed by atoms with E-state index in [1.165, 1.54) is 0 Å². The summed E-state index contributed by atoms with van der Waals surface area (Å²) < 4.78 is 0. The average Bonchev–Trinajstić information content (AvgIpc) is 1.50. The number of rotatable bonds is 0. The van der Waals surface area contributed by atoms with E-state index in [1.54, 1.807) is 0 Å². The van der Waals surface area contributed by atoms with Gasteiger partial charge in [-0.2, -0.15) is 0 Å². The van der Waals surface area contributed by atoms with Crippen LogP contribution in [0, 0.1) is 23.7 Å². The zero-order valence-electron chi connectivity index (χ0n) is 2.58. The fourth-order valence-corrected chi connectivity index (χ4v) is 0. The fourth-order valence-electron chi connectivity index (χ4n) is 0. The molecule has 2 nitrogen and oxygen atoms in total. The summed E-state index contributed by atoms with van der Waals surface area (Å²) in [6.45, 7) is 9.50. The molecule has 0 saturated carbocycles. The van der Waals surface area contributed by atoms with Crippen molar-refractivity contribution in [3.8, 4) is 0 Å². The van der Waals surface area contributed by atoms with Gasteiger partial charge >= 0.3 is 17.1 Å². The third kappa shape index (κ3) is 1010000. The van der Waals surface area contributed by atoms with Crippen LogP contribution < -0.4 is 0 Å². The van der Waals surface area contributed by atoms with Crippen LogP contribution >= 0.6 is 0 Å². The first-order valence-electron chi connectivity index (χ1n) is 0.447. The molecule has 0 aliphatic rings. The summed E-state index contributed by atoms with van der Waals surface area (Å²) in [6.07, 6.45) is 0. The standard InChI is InChI=1S/2CN.Co.Fe/c2*1-2;;/q2*-1;;+2. The predicted octanol–water partition coefficient (Wildman–Crippen LogP) is 0.188. The van der Waals surface area contributed by atoms with Crippen molar-refractivity contribution >= 4 is 0 Å². The third-order valence-electron chi connectivity index (χ3n) is 0. The van der Waals surface area contributed by atoms with Crippen LogP contribution in [0.2, 0.25) is 0 Å². The molecule has 35 valence electrons. The summed E-state index contributed by atoms with van der Waals surface area (Å²) in [7, 11) is 0. The van der Waals surface area contributed by atoms with Gasteiger partial charge in [-0.3, -0.25) is 0 Å². The Balaban J connectivity index is -0.00000000500. The topological polar surface area (TPSA) is 47.6 Å². The SMILES string of the molecule is [C-]#N.[C-]#N.[Co].[Fe+2]. The van der Waals surface area contributed by atoms with E-state index in [1.807, 2.05) is 0 Å². The summed E-state index contributed by atoms with van der Waals surface area (Å²) in [5.74, 6) is 0. The molecule has 0 amide bonds. The van der Waals surface area contributed by atoms with Gasteiger partial charge in [-0.05, 0) is 0 Å². The maximum Gasteiger partial charge on any atom is 2.00 e. The normalized spacial score (nSPS) is 0.667. The average molecular weight is 167 g/mol. The first kappa shape index (κ1) is 37.4. The van der Waals surface area contributed by atoms with Gasteiger partial charge in [0.25, 0.3) is 0 Å². The van der Waals surface area contributed by atoms with E-state index in [2.05, 4.69) is 0 Å². The zero-order valence-corrected chi connectivity index (χ0v) is 4.73. The Kier molecular flexibility index (Phi) is 14000000. The fraction of sp³-hybridized carbons (Fsp3) is 0. The Morgan fingerprint density at radius 1 is 0.833 bits per heavy atom. The molecular formula is C2CoFeN2. The number of hydrogen-bond donors (Lipinski definition) is 0. The van der Waals surface area contributed by atoms with E-state index >= 15 is 0 Å². The van der Waals surface area contributed by atoms with Crippen LogP contribution in [0.5, 0.6) is 0 Å². The van der Waals surface area contributed by atoms with Gasteiger partial charge in [0.1, 0.15) is 0 Å². The van der Waals surface area contributed by atoms with Gasteiger partial charge in [0.2, 0.25) is 0 Å². The molecule has 0 heterocycles. The van der Waals surface area contributed by atoms with Crippen LogP contribution in [0.25, 0.3) is 0 Å². The summed E-state index contributed by atoms with van der Waals surface area (Å²) in [6, 6.07) is 0. The second-order valence-electron chi connectivity index (χ2n) is 0. The summed E-state index contributed by atoms with van der Waals surface area (Å²) in [5.41, 5.74) is 0. The van der Waals surface area contributed by atoms with Crippen molar-refractivity contribution in [2.45, 2.75) is 0 Å². The van der Waals surface area contributed by atoms with E-state index in [-0.39, 0.29) is 33.8 Å². The zero-order chi connectivity index (χ0) is 4.00. The molecule has 4 heteroatoms. The van der Waals surface area contributed by atoms with Crippen molar-refractivity contribution in [2.24, 2.45) is 0 Å². The van der Waals surface area contributed by atoms with Crippen LogP contribution in [0.1, 0.15) is 0 Å². The van der Waals surface area contributed by atoms with Gasteiger partial charge in [-0.25, -0.2) is 0 Å². The molecule has 0 fully saturated rings. The van der Waals surface area contributed by atoms with E-state index in [0.29, 0.717) is 0 Å². The van der Waals surface area contributed by atoms with E-state index in [0.717, 1.165) is 0 Å². The molecule has 0 aromatic heterocycles. The molecule has 0 bridgehead atoms. The smallest absolute Gasteiger partial charge is 0.512 e. The molecule has 0 aromatic rings. The third-order valence-corrected chi connectivity index (χ3v) is 0. The minimum Gasteiger partial charge on any atom is -0.512 e. The quantitative estimate of drug-likeness (QED) is 0.381. The summed E-state index contributed by atoms with van der Waals surface area (Å²) in [4.78, 5) is 0. The molecule has 0 atom stereocenters. The molecule has 0 saturated heterocycles. The second-order valence-corrected chi connectivity index (χ2v) is 0. The first-order valence-corrected chi connectivity index (χ1v) is 0.447. The molecule has 1 radical (unpaired) electrons.